The molecule has 29 heavy (non-hydrogen) atoms. The van der Waals surface area contributed by atoms with Crippen LogP contribution in [0, 0.1) is 0 Å². The number of benzene rings is 2. The highest BCUT2D eigenvalue weighted by Gasteiger charge is 2.31. The summed E-state index contributed by atoms with van der Waals surface area (Å²) >= 11 is 0. The van der Waals surface area contributed by atoms with E-state index in [9.17, 15) is 9.59 Å². The molecular formula is C23H26N2O4. The first kappa shape index (κ1) is 19.5. The number of amides is 2. The van der Waals surface area contributed by atoms with Crippen molar-refractivity contribution in [1.29, 1.82) is 0 Å². The van der Waals surface area contributed by atoms with Gasteiger partial charge in [0, 0.05) is 38.3 Å². The van der Waals surface area contributed by atoms with Crippen LogP contribution in [-0.2, 0) is 16.1 Å². The Labute approximate surface area is 171 Å². The van der Waals surface area contributed by atoms with E-state index in [1.54, 1.807) is 17.0 Å². The fourth-order valence-electron chi connectivity index (χ4n) is 3.72. The van der Waals surface area contributed by atoms with E-state index in [-0.39, 0.29) is 17.9 Å². The zero-order valence-electron chi connectivity index (χ0n) is 16.5. The summed E-state index contributed by atoms with van der Waals surface area (Å²) in [5, 5.41) is 0. The van der Waals surface area contributed by atoms with Crippen LogP contribution in [-0.4, -0.2) is 60.5 Å². The van der Waals surface area contributed by atoms with Crippen LogP contribution in [0.25, 0.3) is 0 Å². The van der Waals surface area contributed by atoms with Crippen molar-refractivity contribution in [3.63, 3.8) is 0 Å². The Balaban J connectivity index is 1.28. The van der Waals surface area contributed by atoms with Gasteiger partial charge in [-0.15, -0.1) is 0 Å². The average molecular weight is 394 g/mol. The minimum Gasteiger partial charge on any atom is -0.489 e. The number of hydrogen-bond acceptors (Lipinski definition) is 4. The highest BCUT2D eigenvalue weighted by Crippen LogP contribution is 2.18. The van der Waals surface area contributed by atoms with Gasteiger partial charge in [-0.3, -0.25) is 9.59 Å². The minimum absolute atomic E-state index is 0.0103. The second kappa shape index (κ2) is 9.09. The first-order valence-electron chi connectivity index (χ1n) is 10.2. The molecule has 2 aliphatic heterocycles. The maximum atomic E-state index is 12.8. The Morgan fingerprint density at radius 1 is 0.931 bits per heavy atom. The average Bonchev–Trinajstić information content (AvgIpc) is 3.33. The van der Waals surface area contributed by atoms with Crippen LogP contribution in [0.4, 0.5) is 0 Å². The number of nitrogens with zero attached hydrogens (tertiary/aromatic N) is 2. The first-order valence-corrected chi connectivity index (χ1v) is 10.2. The third-order valence-electron chi connectivity index (χ3n) is 5.43. The number of hydrogen-bond donors (Lipinski definition) is 0. The van der Waals surface area contributed by atoms with Crippen molar-refractivity contribution in [2.75, 3.05) is 32.8 Å². The standard InChI is InChI=1S/C23H26N2O4/c26-22(24-12-14-25(15-13-24)23(27)21-7-4-16-28-21)19-8-10-20(11-9-19)29-17-18-5-2-1-3-6-18/h1-3,5-6,8-11,21H,4,7,12-17H2. The molecule has 2 saturated heterocycles. The largest absolute Gasteiger partial charge is 0.489 e. The van der Waals surface area contributed by atoms with Gasteiger partial charge in [0.25, 0.3) is 11.8 Å². The molecule has 6 nitrogen and oxygen atoms in total. The van der Waals surface area contributed by atoms with Crippen LogP contribution in [0.3, 0.4) is 0 Å². The predicted octanol–water partition coefficient (Wildman–Crippen LogP) is 2.73. The highest BCUT2D eigenvalue weighted by molar-refractivity contribution is 5.94. The van der Waals surface area contributed by atoms with E-state index in [1.165, 1.54) is 0 Å². The number of piperazine rings is 1. The van der Waals surface area contributed by atoms with Crippen LogP contribution in [0.5, 0.6) is 5.75 Å². The van der Waals surface area contributed by atoms with Crippen molar-refractivity contribution >= 4 is 11.8 Å². The molecule has 152 valence electrons. The second-order valence-corrected chi connectivity index (χ2v) is 7.42. The lowest BCUT2D eigenvalue weighted by Gasteiger charge is -2.35. The molecule has 4 rings (SSSR count). The smallest absolute Gasteiger partial charge is 0.253 e. The molecule has 0 bridgehead atoms. The molecule has 2 fully saturated rings. The summed E-state index contributed by atoms with van der Waals surface area (Å²) in [6.45, 7) is 3.37. The van der Waals surface area contributed by atoms with Gasteiger partial charge in [0.2, 0.25) is 0 Å². The quantitative estimate of drug-likeness (QED) is 0.783. The lowest BCUT2D eigenvalue weighted by atomic mass is 10.1. The molecule has 0 saturated carbocycles. The van der Waals surface area contributed by atoms with Gasteiger partial charge in [-0.1, -0.05) is 30.3 Å². The Morgan fingerprint density at radius 2 is 1.62 bits per heavy atom. The minimum atomic E-state index is -0.291. The SMILES string of the molecule is O=C(c1ccc(OCc2ccccc2)cc1)N1CCN(C(=O)C2CCCO2)CC1. The summed E-state index contributed by atoms with van der Waals surface area (Å²) in [5.41, 5.74) is 1.74. The molecular weight excluding hydrogens is 368 g/mol. The van der Waals surface area contributed by atoms with Gasteiger partial charge in [0.1, 0.15) is 18.5 Å². The Morgan fingerprint density at radius 3 is 2.28 bits per heavy atom. The summed E-state index contributed by atoms with van der Waals surface area (Å²) in [6.07, 6.45) is 1.46. The van der Waals surface area contributed by atoms with Crippen LogP contribution >= 0.6 is 0 Å². The van der Waals surface area contributed by atoms with Crippen molar-refractivity contribution in [3.05, 3.63) is 65.7 Å². The molecule has 2 aromatic carbocycles. The molecule has 6 heteroatoms. The molecule has 2 aliphatic rings. The van der Waals surface area contributed by atoms with Crippen molar-refractivity contribution in [2.45, 2.75) is 25.6 Å². The van der Waals surface area contributed by atoms with Gasteiger partial charge in [-0.25, -0.2) is 0 Å². The normalized spacial score (nSPS) is 19.2. The molecule has 0 aromatic heterocycles. The molecule has 0 radical (unpaired) electrons. The number of carbonyl (C=O) groups is 2. The van der Waals surface area contributed by atoms with Gasteiger partial charge in [-0.05, 0) is 42.7 Å². The van der Waals surface area contributed by atoms with Crippen molar-refractivity contribution in [2.24, 2.45) is 0 Å². The van der Waals surface area contributed by atoms with E-state index in [2.05, 4.69) is 0 Å². The van der Waals surface area contributed by atoms with Crippen LogP contribution in [0.2, 0.25) is 0 Å². The monoisotopic (exact) mass is 394 g/mol. The van der Waals surface area contributed by atoms with E-state index in [1.807, 2.05) is 47.4 Å². The predicted molar refractivity (Wildman–Crippen MR) is 109 cm³/mol. The van der Waals surface area contributed by atoms with E-state index < -0.39 is 0 Å². The molecule has 1 unspecified atom stereocenters. The molecule has 2 aromatic rings. The zero-order valence-corrected chi connectivity index (χ0v) is 16.5. The Bertz CT molecular complexity index is 824. The lowest BCUT2D eigenvalue weighted by molar-refractivity contribution is -0.142. The second-order valence-electron chi connectivity index (χ2n) is 7.42. The molecule has 2 heterocycles. The fraction of sp³-hybridized carbons (Fsp3) is 0.391. The Kier molecular flexibility index (Phi) is 6.10. The molecule has 1 atom stereocenters. The van der Waals surface area contributed by atoms with Gasteiger partial charge >= 0.3 is 0 Å². The summed E-state index contributed by atoms with van der Waals surface area (Å²) in [4.78, 5) is 28.8. The summed E-state index contributed by atoms with van der Waals surface area (Å²) < 4.78 is 11.3. The van der Waals surface area contributed by atoms with Crippen molar-refractivity contribution in [1.82, 2.24) is 9.80 Å². The van der Waals surface area contributed by atoms with E-state index >= 15 is 0 Å². The number of ether oxygens (including phenoxy) is 2. The van der Waals surface area contributed by atoms with Crippen LogP contribution in [0.1, 0.15) is 28.8 Å². The number of carbonyl (C=O) groups excluding carboxylic acids is 2. The molecule has 2 amide bonds. The third kappa shape index (κ3) is 4.77. The van der Waals surface area contributed by atoms with E-state index in [4.69, 9.17) is 9.47 Å². The van der Waals surface area contributed by atoms with Crippen molar-refractivity contribution in [3.8, 4) is 5.75 Å². The fourth-order valence-corrected chi connectivity index (χ4v) is 3.72. The summed E-state index contributed by atoms with van der Waals surface area (Å²) in [7, 11) is 0. The summed E-state index contributed by atoms with van der Waals surface area (Å²) in [6, 6.07) is 17.2. The van der Waals surface area contributed by atoms with Crippen molar-refractivity contribution < 1.29 is 19.1 Å². The Hall–Kier alpha value is -2.86. The van der Waals surface area contributed by atoms with E-state index in [0.29, 0.717) is 45.0 Å². The van der Waals surface area contributed by atoms with E-state index in [0.717, 1.165) is 24.2 Å². The lowest BCUT2D eigenvalue weighted by Crippen LogP contribution is -2.52. The van der Waals surface area contributed by atoms with Crippen LogP contribution in [0.15, 0.2) is 54.6 Å². The van der Waals surface area contributed by atoms with Gasteiger partial charge in [0.15, 0.2) is 0 Å². The maximum absolute atomic E-state index is 12.8. The maximum Gasteiger partial charge on any atom is 0.253 e. The molecule has 0 aliphatic carbocycles. The zero-order chi connectivity index (χ0) is 20.1. The topological polar surface area (TPSA) is 59.1 Å². The van der Waals surface area contributed by atoms with Gasteiger partial charge < -0.3 is 19.3 Å². The molecule has 0 spiro atoms. The summed E-state index contributed by atoms with van der Waals surface area (Å²) in [5.74, 6) is 0.788. The first-order chi connectivity index (χ1) is 14.2. The third-order valence-corrected chi connectivity index (χ3v) is 5.43. The van der Waals surface area contributed by atoms with Crippen LogP contribution < -0.4 is 4.74 Å². The highest BCUT2D eigenvalue weighted by atomic mass is 16.5. The number of rotatable bonds is 5. The van der Waals surface area contributed by atoms with Gasteiger partial charge in [-0.2, -0.15) is 0 Å². The molecule has 0 N–H and O–H groups in total. The van der Waals surface area contributed by atoms with Gasteiger partial charge in [0.05, 0.1) is 0 Å².